The van der Waals surface area contributed by atoms with Crippen LogP contribution in [0.15, 0.2) is 53.3 Å². The maximum Gasteiger partial charge on any atom is 0.152 e. The number of nitrogens with one attached hydrogen (secondary N) is 1. The Morgan fingerprint density at radius 3 is 2.61 bits per heavy atom. The van der Waals surface area contributed by atoms with Gasteiger partial charge in [0.25, 0.3) is 0 Å². The highest BCUT2D eigenvalue weighted by atomic mass is 16.3. The van der Waals surface area contributed by atoms with Gasteiger partial charge >= 0.3 is 0 Å². The molecule has 0 radical (unpaired) electrons. The molecule has 1 atom stereocenters. The van der Waals surface area contributed by atoms with Crippen molar-refractivity contribution in [1.82, 2.24) is 20.1 Å². The van der Waals surface area contributed by atoms with E-state index in [1.165, 1.54) is 5.56 Å². The van der Waals surface area contributed by atoms with Gasteiger partial charge in [-0.3, -0.25) is 15.0 Å². The van der Waals surface area contributed by atoms with Gasteiger partial charge < -0.3 is 4.42 Å². The van der Waals surface area contributed by atoms with E-state index in [-0.39, 0.29) is 0 Å². The molecule has 5 heteroatoms. The molecular formula is C18H22N4O. The molecule has 0 bridgehead atoms. The standard InChI is InChI=1S/C18H22N4O/c1-3-14(2)22(12-15-6-9-19-10-7-15)13-16-4-5-18(23-16)17-8-11-20-21-17/h4-11,14H,3,12-13H2,1-2H3,(H,20,21)/t14-/m1/s1. The molecular weight excluding hydrogens is 288 g/mol. The molecule has 3 rings (SSSR count). The van der Waals surface area contributed by atoms with E-state index in [0.29, 0.717) is 6.04 Å². The van der Waals surface area contributed by atoms with Crippen molar-refractivity contribution in [3.05, 3.63) is 60.2 Å². The zero-order valence-corrected chi connectivity index (χ0v) is 13.6. The summed E-state index contributed by atoms with van der Waals surface area (Å²) in [5, 5.41) is 6.89. The zero-order valence-electron chi connectivity index (χ0n) is 13.6. The number of H-pyrrole nitrogens is 1. The Hall–Kier alpha value is -2.40. The van der Waals surface area contributed by atoms with Gasteiger partial charge in [0.1, 0.15) is 11.5 Å². The van der Waals surface area contributed by atoms with Crippen LogP contribution in [0, 0.1) is 0 Å². The smallest absolute Gasteiger partial charge is 0.152 e. The lowest BCUT2D eigenvalue weighted by Crippen LogP contribution is -2.31. The van der Waals surface area contributed by atoms with Crippen molar-refractivity contribution >= 4 is 0 Å². The third kappa shape index (κ3) is 3.87. The Kier molecular flexibility index (Phi) is 4.88. The van der Waals surface area contributed by atoms with Crippen LogP contribution in [0.4, 0.5) is 0 Å². The molecule has 0 fully saturated rings. The summed E-state index contributed by atoms with van der Waals surface area (Å²) in [7, 11) is 0. The molecule has 1 N–H and O–H groups in total. The molecule has 0 aromatic carbocycles. The van der Waals surface area contributed by atoms with Crippen molar-refractivity contribution < 1.29 is 4.42 Å². The summed E-state index contributed by atoms with van der Waals surface area (Å²) in [6, 6.07) is 10.5. The van der Waals surface area contributed by atoms with E-state index >= 15 is 0 Å². The van der Waals surface area contributed by atoms with Gasteiger partial charge in [0.05, 0.1) is 6.54 Å². The Morgan fingerprint density at radius 2 is 1.91 bits per heavy atom. The van der Waals surface area contributed by atoms with Gasteiger partial charge in [0.15, 0.2) is 5.76 Å². The second-order valence-corrected chi connectivity index (χ2v) is 5.75. The van der Waals surface area contributed by atoms with Crippen molar-refractivity contribution in [1.29, 1.82) is 0 Å². The van der Waals surface area contributed by atoms with Crippen molar-refractivity contribution in [3.8, 4) is 11.5 Å². The Balaban J connectivity index is 1.73. The summed E-state index contributed by atoms with van der Waals surface area (Å²) in [5.74, 6) is 1.79. The highest BCUT2D eigenvalue weighted by molar-refractivity contribution is 5.51. The van der Waals surface area contributed by atoms with E-state index in [2.05, 4.69) is 46.1 Å². The lowest BCUT2D eigenvalue weighted by molar-refractivity contribution is 0.172. The molecule has 0 saturated heterocycles. The van der Waals surface area contributed by atoms with Crippen LogP contribution < -0.4 is 0 Å². The molecule has 120 valence electrons. The molecule has 5 nitrogen and oxygen atoms in total. The topological polar surface area (TPSA) is 58.0 Å². The van der Waals surface area contributed by atoms with Gasteiger partial charge in [-0.1, -0.05) is 6.92 Å². The Labute approximate surface area is 136 Å². The third-order valence-electron chi connectivity index (χ3n) is 4.14. The van der Waals surface area contributed by atoms with E-state index in [4.69, 9.17) is 4.42 Å². The average molecular weight is 310 g/mol. The first-order chi connectivity index (χ1) is 11.3. The predicted octanol–water partition coefficient (Wildman–Crippen LogP) is 3.87. The minimum Gasteiger partial charge on any atom is -0.458 e. The number of aromatic nitrogens is 3. The predicted molar refractivity (Wildman–Crippen MR) is 89.5 cm³/mol. The first kappa shape index (κ1) is 15.5. The van der Waals surface area contributed by atoms with E-state index in [9.17, 15) is 0 Å². The summed E-state index contributed by atoms with van der Waals surface area (Å²) < 4.78 is 5.97. The van der Waals surface area contributed by atoms with Crippen LogP contribution in [0.25, 0.3) is 11.5 Å². The van der Waals surface area contributed by atoms with Gasteiger partial charge in [-0.05, 0) is 49.2 Å². The normalized spacial score (nSPS) is 12.7. The molecule has 0 aliphatic carbocycles. The van der Waals surface area contributed by atoms with Crippen LogP contribution in [0.3, 0.4) is 0 Å². The van der Waals surface area contributed by atoms with E-state index < -0.39 is 0 Å². The lowest BCUT2D eigenvalue weighted by atomic mass is 10.1. The molecule has 3 heterocycles. The van der Waals surface area contributed by atoms with E-state index in [1.807, 2.05) is 30.6 Å². The van der Waals surface area contributed by atoms with Gasteiger partial charge in [-0.2, -0.15) is 5.10 Å². The summed E-state index contributed by atoms with van der Waals surface area (Å²) >= 11 is 0. The molecule has 0 unspecified atom stereocenters. The van der Waals surface area contributed by atoms with Gasteiger partial charge in [-0.15, -0.1) is 0 Å². The molecule has 23 heavy (non-hydrogen) atoms. The number of furan rings is 1. The van der Waals surface area contributed by atoms with Crippen LogP contribution in [0.2, 0.25) is 0 Å². The fraction of sp³-hybridized carbons (Fsp3) is 0.333. The zero-order chi connectivity index (χ0) is 16.1. The largest absolute Gasteiger partial charge is 0.458 e. The van der Waals surface area contributed by atoms with Crippen molar-refractivity contribution in [2.45, 2.75) is 39.4 Å². The van der Waals surface area contributed by atoms with Crippen LogP contribution in [0.5, 0.6) is 0 Å². The monoisotopic (exact) mass is 310 g/mol. The number of hydrogen-bond acceptors (Lipinski definition) is 4. The van der Waals surface area contributed by atoms with Crippen LogP contribution in [-0.4, -0.2) is 26.1 Å². The highest BCUT2D eigenvalue weighted by Gasteiger charge is 2.16. The Bertz CT molecular complexity index is 706. The third-order valence-corrected chi connectivity index (χ3v) is 4.14. The van der Waals surface area contributed by atoms with Crippen molar-refractivity contribution in [2.24, 2.45) is 0 Å². The fourth-order valence-electron chi connectivity index (χ4n) is 2.55. The lowest BCUT2D eigenvalue weighted by Gasteiger charge is -2.27. The van der Waals surface area contributed by atoms with E-state index in [0.717, 1.165) is 36.7 Å². The Morgan fingerprint density at radius 1 is 1.09 bits per heavy atom. The maximum absolute atomic E-state index is 5.97. The molecule has 0 aliphatic heterocycles. The quantitative estimate of drug-likeness (QED) is 0.720. The fourth-order valence-corrected chi connectivity index (χ4v) is 2.55. The molecule has 0 amide bonds. The number of aromatic amines is 1. The molecule has 3 aromatic rings. The summed E-state index contributed by atoms with van der Waals surface area (Å²) in [4.78, 5) is 6.51. The SMILES string of the molecule is CC[C@@H](C)N(Cc1ccncc1)Cc1ccc(-c2ccn[nH]2)o1. The number of hydrogen-bond donors (Lipinski definition) is 1. The summed E-state index contributed by atoms with van der Waals surface area (Å²) in [5.41, 5.74) is 2.17. The number of nitrogens with zero attached hydrogens (tertiary/aromatic N) is 3. The maximum atomic E-state index is 5.97. The summed E-state index contributed by atoms with van der Waals surface area (Å²) in [6.07, 6.45) is 6.51. The first-order valence-corrected chi connectivity index (χ1v) is 7.97. The van der Waals surface area contributed by atoms with Crippen LogP contribution in [0.1, 0.15) is 31.6 Å². The molecule has 0 saturated carbocycles. The van der Waals surface area contributed by atoms with Gasteiger partial charge in [0, 0.05) is 31.2 Å². The first-order valence-electron chi connectivity index (χ1n) is 7.97. The molecule has 0 aliphatic rings. The van der Waals surface area contributed by atoms with Gasteiger partial charge in [0.2, 0.25) is 0 Å². The minimum absolute atomic E-state index is 0.476. The van der Waals surface area contributed by atoms with E-state index in [1.54, 1.807) is 6.20 Å². The second-order valence-electron chi connectivity index (χ2n) is 5.75. The average Bonchev–Trinajstić information content (AvgIpc) is 3.25. The van der Waals surface area contributed by atoms with Crippen molar-refractivity contribution in [2.75, 3.05) is 0 Å². The highest BCUT2D eigenvalue weighted by Crippen LogP contribution is 2.22. The molecule has 0 spiro atoms. The van der Waals surface area contributed by atoms with Gasteiger partial charge in [-0.25, -0.2) is 0 Å². The second kappa shape index (κ2) is 7.24. The van der Waals surface area contributed by atoms with Crippen LogP contribution >= 0.6 is 0 Å². The van der Waals surface area contributed by atoms with Crippen molar-refractivity contribution in [3.63, 3.8) is 0 Å². The molecule has 3 aromatic heterocycles. The minimum atomic E-state index is 0.476. The summed E-state index contributed by atoms with van der Waals surface area (Å²) in [6.45, 7) is 6.13. The number of rotatable bonds is 7. The van der Waals surface area contributed by atoms with Crippen LogP contribution in [-0.2, 0) is 13.1 Å². The number of pyridine rings is 1.